The molecule has 4 fully saturated rings. The van der Waals surface area contributed by atoms with E-state index in [0.29, 0.717) is 23.8 Å². The number of hydrogen-bond acceptors (Lipinski definition) is 4. The lowest BCUT2D eigenvalue weighted by atomic mass is 9.47. The van der Waals surface area contributed by atoms with Crippen molar-refractivity contribution < 1.29 is 14.6 Å². The standard InChI is InChI=1S/C29H46N2O3/c1-27(2,3)34-26(33)31-16-11-19(12-17-31)20-18-21-22-8-9-24(32)28(22,4)14-10-23(21)29(5)13-7-15-30(6)25(20)29/h7,13,21-25,32H,8-12,14-18H2,1-6H3/t21-,22-,23-,24-,25+,28-,29+/m0/s1. The maximum absolute atomic E-state index is 12.7. The van der Waals surface area contributed by atoms with Gasteiger partial charge < -0.3 is 14.7 Å². The van der Waals surface area contributed by atoms with Crippen molar-refractivity contribution in [1.82, 2.24) is 9.80 Å². The first-order valence-electron chi connectivity index (χ1n) is 13.7. The Hall–Kier alpha value is -1.33. The maximum Gasteiger partial charge on any atom is 0.410 e. The molecule has 0 aromatic rings. The highest BCUT2D eigenvalue weighted by Crippen LogP contribution is 2.65. The van der Waals surface area contributed by atoms with E-state index in [0.717, 1.165) is 45.3 Å². The number of hydrogen-bond donors (Lipinski definition) is 1. The van der Waals surface area contributed by atoms with Gasteiger partial charge in [-0.05, 0) is 95.9 Å². The maximum atomic E-state index is 12.7. The van der Waals surface area contributed by atoms with Crippen molar-refractivity contribution >= 4 is 6.09 Å². The summed E-state index contributed by atoms with van der Waals surface area (Å²) in [6.07, 6.45) is 12.3. The largest absolute Gasteiger partial charge is 0.444 e. The van der Waals surface area contributed by atoms with Crippen LogP contribution >= 0.6 is 0 Å². The zero-order chi connectivity index (χ0) is 24.5. The second-order valence-corrected chi connectivity index (χ2v) is 13.4. The molecule has 34 heavy (non-hydrogen) atoms. The van der Waals surface area contributed by atoms with E-state index < -0.39 is 5.60 Å². The number of ether oxygens (including phenoxy) is 1. The van der Waals surface area contributed by atoms with Gasteiger partial charge in [0.25, 0.3) is 0 Å². The molecule has 190 valence electrons. The van der Waals surface area contributed by atoms with Crippen molar-refractivity contribution in [3.05, 3.63) is 23.3 Å². The summed E-state index contributed by atoms with van der Waals surface area (Å²) in [5.74, 6) is 1.96. The predicted octanol–water partition coefficient (Wildman–Crippen LogP) is 5.40. The molecule has 1 amide bonds. The van der Waals surface area contributed by atoms with Crippen LogP contribution in [0.1, 0.15) is 79.6 Å². The Bertz CT molecular complexity index is 878. The first kappa shape index (κ1) is 24.4. The molecular weight excluding hydrogens is 424 g/mol. The Labute approximate surface area is 206 Å². The number of piperidine rings is 1. The van der Waals surface area contributed by atoms with Gasteiger partial charge >= 0.3 is 6.09 Å². The Balaban J connectivity index is 1.45. The molecule has 0 spiro atoms. The highest BCUT2D eigenvalue weighted by atomic mass is 16.6. The van der Waals surface area contributed by atoms with Crippen LogP contribution in [0.2, 0.25) is 0 Å². The molecule has 2 heterocycles. The lowest BCUT2D eigenvalue weighted by Crippen LogP contribution is -2.60. The van der Waals surface area contributed by atoms with Gasteiger partial charge in [0, 0.05) is 31.1 Å². The van der Waals surface area contributed by atoms with Crippen LogP contribution in [0.5, 0.6) is 0 Å². The Morgan fingerprint density at radius 2 is 1.82 bits per heavy atom. The number of likely N-dealkylation sites (N-methyl/N-ethyl adjacent to an activating group) is 1. The third kappa shape index (κ3) is 3.86. The topological polar surface area (TPSA) is 53.0 Å². The molecule has 5 rings (SSSR count). The smallest absolute Gasteiger partial charge is 0.410 e. The number of carbonyl (C=O) groups excluding carboxylic acids is 1. The fourth-order valence-electron chi connectivity index (χ4n) is 8.74. The fourth-order valence-corrected chi connectivity index (χ4v) is 8.74. The molecule has 0 radical (unpaired) electrons. The highest BCUT2D eigenvalue weighted by Gasteiger charge is 2.61. The third-order valence-electron chi connectivity index (χ3n) is 10.3. The molecule has 5 nitrogen and oxygen atoms in total. The van der Waals surface area contributed by atoms with Crippen LogP contribution in [-0.4, -0.2) is 65.4 Å². The van der Waals surface area contributed by atoms with Crippen molar-refractivity contribution in [1.29, 1.82) is 0 Å². The molecule has 5 heteroatoms. The van der Waals surface area contributed by atoms with Gasteiger partial charge in [-0.1, -0.05) is 37.1 Å². The third-order valence-corrected chi connectivity index (χ3v) is 10.3. The van der Waals surface area contributed by atoms with Crippen molar-refractivity contribution in [2.24, 2.45) is 28.6 Å². The minimum atomic E-state index is -0.452. The first-order valence-corrected chi connectivity index (χ1v) is 13.7. The number of likely N-dealkylation sites (tertiary alicyclic amines) is 1. The molecule has 7 atom stereocenters. The molecule has 3 saturated carbocycles. The Morgan fingerprint density at radius 3 is 2.50 bits per heavy atom. The van der Waals surface area contributed by atoms with E-state index in [1.165, 1.54) is 19.3 Å². The van der Waals surface area contributed by atoms with E-state index in [4.69, 9.17) is 4.74 Å². The van der Waals surface area contributed by atoms with Gasteiger partial charge in [-0.15, -0.1) is 0 Å². The van der Waals surface area contributed by atoms with Gasteiger partial charge in [-0.2, -0.15) is 0 Å². The summed E-state index contributed by atoms with van der Waals surface area (Å²) in [5.41, 5.74) is 3.03. The molecule has 0 bridgehead atoms. The van der Waals surface area contributed by atoms with Gasteiger partial charge in [0.2, 0.25) is 0 Å². The second kappa shape index (κ2) is 8.37. The number of rotatable bonds is 0. The molecule has 5 aliphatic rings. The molecule has 0 unspecified atom stereocenters. The Kier molecular flexibility index (Phi) is 6.00. The number of fused-ring (bicyclic) bond motifs is 5. The SMILES string of the molecule is CN1CC=C[C@]2(C)[C@H]3CC[C@]4(C)[C@@H](O)CC[C@H]4[C@@H]3CC(=C3CCN(C(=O)OC(C)(C)C)CC3)[C@@H]12. The van der Waals surface area contributed by atoms with Crippen molar-refractivity contribution in [3.8, 4) is 0 Å². The van der Waals surface area contributed by atoms with Gasteiger partial charge in [0.1, 0.15) is 5.60 Å². The monoisotopic (exact) mass is 470 g/mol. The summed E-state index contributed by atoms with van der Waals surface area (Å²) in [4.78, 5) is 17.1. The zero-order valence-corrected chi connectivity index (χ0v) is 22.3. The lowest BCUT2D eigenvalue weighted by Gasteiger charge is -2.61. The average molecular weight is 471 g/mol. The molecule has 0 aromatic carbocycles. The van der Waals surface area contributed by atoms with E-state index in [9.17, 15) is 9.90 Å². The minimum absolute atomic E-state index is 0.0878. The summed E-state index contributed by atoms with van der Waals surface area (Å²) in [5, 5.41) is 10.9. The van der Waals surface area contributed by atoms with E-state index in [2.05, 4.69) is 37.9 Å². The summed E-state index contributed by atoms with van der Waals surface area (Å²) in [6, 6.07) is 0.456. The van der Waals surface area contributed by atoms with E-state index in [-0.39, 0.29) is 23.0 Å². The quantitative estimate of drug-likeness (QED) is 0.482. The fraction of sp³-hybridized carbons (Fsp3) is 0.828. The van der Waals surface area contributed by atoms with Gasteiger partial charge in [0.05, 0.1) is 6.10 Å². The molecule has 1 saturated heterocycles. The van der Waals surface area contributed by atoms with Gasteiger partial charge in [0.15, 0.2) is 0 Å². The summed E-state index contributed by atoms with van der Waals surface area (Å²) in [6.45, 7) is 13.2. The predicted molar refractivity (Wildman–Crippen MR) is 135 cm³/mol. The van der Waals surface area contributed by atoms with E-state index >= 15 is 0 Å². The lowest BCUT2D eigenvalue weighted by molar-refractivity contribution is -0.0843. The minimum Gasteiger partial charge on any atom is -0.444 e. The molecule has 1 N–H and O–H groups in total. The number of amides is 1. The van der Waals surface area contributed by atoms with E-state index in [1.807, 2.05) is 25.7 Å². The molecular formula is C29H46N2O3. The van der Waals surface area contributed by atoms with Crippen LogP contribution in [0.25, 0.3) is 0 Å². The number of aliphatic hydroxyl groups excluding tert-OH is 1. The van der Waals surface area contributed by atoms with Crippen LogP contribution in [0.4, 0.5) is 4.79 Å². The number of carbonyl (C=O) groups is 1. The van der Waals surface area contributed by atoms with Crippen LogP contribution in [-0.2, 0) is 4.74 Å². The molecule has 0 aromatic heterocycles. The van der Waals surface area contributed by atoms with Crippen LogP contribution in [0.15, 0.2) is 23.3 Å². The number of aliphatic hydroxyl groups is 1. The van der Waals surface area contributed by atoms with Gasteiger partial charge in [-0.3, -0.25) is 4.90 Å². The molecule has 3 aliphatic carbocycles. The van der Waals surface area contributed by atoms with E-state index in [1.54, 1.807) is 11.1 Å². The van der Waals surface area contributed by atoms with Crippen molar-refractivity contribution in [2.75, 3.05) is 26.7 Å². The first-order chi connectivity index (χ1) is 15.9. The Morgan fingerprint density at radius 1 is 1.12 bits per heavy atom. The normalized spacial score (nSPS) is 42.8. The zero-order valence-electron chi connectivity index (χ0n) is 22.3. The van der Waals surface area contributed by atoms with Crippen LogP contribution < -0.4 is 0 Å². The molecule has 2 aliphatic heterocycles. The highest BCUT2D eigenvalue weighted by molar-refractivity contribution is 5.68. The van der Waals surface area contributed by atoms with Gasteiger partial charge in [-0.25, -0.2) is 4.79 Å². The second-order valence-electron chi connectivity index (χ2n) is 13.4. The van der Waals surface area contributed by atoms with Crippen LogP contribution in [0, 0.1) is 28.6 Å². The number of nitrogens with zero attached hydrogens (tertiary/aromatic N) is 2. The van der Waals surface area contributed by atoms with Crippen molar-refractivity contribution in [2.45, 2.75) is 97.3 Å². The van der Waals surface area contributed by atoms with Crippen molar-refractivity contribution in [3.63, 3.8) is 0 Å². The average Bonchev–Trinajstić information content (AvgIpc) is 3.07. The summed E-state index contributed by atoms with van der Waals surface area (Å²) < 4.78 is 5.65. The summed E-state index contributed by atoms with van der Waals surface area (Å²) in [7, 11) is 2.30. The summed E-state index contributed by atoms with van der Waals surface area (Å²) >= 11 is 0. The van der Waals surface area contributed by atoms with Crippen LogP contribution in [0.3, 0.4) is 0 Å².